The largest absolute Gasteiger partial charge is 0.466 e. The minimum absolute atomic E-state index is 0.169. The Morgan fingerprint density at radius 2 is 2.14 bits per heavy atom. The maximum absolute atomic E-state index is 9.49. The monoisotopic (exact) mass is 291 g/mol. The summed E-state index contributed by atoms with van der Waals surface area (Å²) in [4.78, 5) is 2.20. The number of aryl methyl sites for hydroxylation is 2. The van der Waals surface area contributed by atoms with Crippen LogP contribution in [0.1, 0.15) is 30.8 Å². The van der Waals surface area contributed by atoms with E-state index in [1.165, 1.54) is 0 Å². The van der Waals surface area contributed by atoms with Crippen LogP contribution >= 0.6 is 0 Å². The molecule has 2 unspecified atom stereocenters. The molecule has 6 nitrogen and oxygen atoms in total. The SMILES string of the molecule is Cc1cc(-c2nnc(CN3CCC(C)C3CO)o2)c(C)o1. The number of nitrogens with zero attached hydrogens (tertiary/aromatic N) is 3. The van der Waals surface area contributed by atoms with Crippen LogP contribution in [0.3, 0.4) is 0 Å². The van der Waals surface area contributed by atoms with Crippen molar-refractivity contribution in [1.82, 2.24) is 15.1 Å². The van der Waals surface area contributed by atoms with E-state index in [4.69, 9.17) is 8.83 Å². The lowest BCUT2D eigenvalue weighted by Crippen LogP contribution is -2.34. The molecule has 3 heterocycles. The van der Waals surface area contributed by atoms with Crippen molar-refractivity contribution >= 4 is 0 Å². The van der Waals surface area contributed by atoms with Gasteiger partial charge in [-0.25, -0.2) is 0 Å². The van der Waals surface area contributed by atoms with E-state index in [0.29, 0.717) is 24.2 Å². The van der Waals surface area contributed by atoms with Crippen LogP contribution < -0.4 is 0 Å². The summed E-state index contributed by atoms with van der Waals surface area (Å²) in [6, 6.07) is 2.08. The summed E-state index contributed by atoms with van der Waals surface area (Å²) >= 11 is 0. The number of likely N-dealkylation sites (tertiary alicyclic amines) is 1. The number of aromatic nitrogens is 2. The zero-order chi connectivity index (χ0) is 15.0. The van der Waals surface area contributed by atoms with Gasteiger partial charge in [-0.15, -0.1) is 10.2 Å². The van der Waals surface area contributed by atoms with Crippen LogP contribution in [0.5, 0.6) is 0 Å². The van der Waals surface area contributed by atoms with Gasteiger partial charge in [-0.3, -0.25) is 4.90 Å². The highest BCUT2D eigenvalue weighted by atomic mass is 16.4. The first-order valence-electron chi connectivity index (χ1n) is 7.33. The molecule has 1 aliphatic rings. The van der Waals surface area contributed by atoms with Crippen molar-refractivity contribution in [2.75, 3.05) is 13.2 Å². The van der Waals surface area contributed by atoms with Crippen LogP contribution in [0.15, 0.2) is 14.9 Å². The maximum Gasteiger partial charge on any atom is 0.251 e. The van der Waals surface area contributed by atoms with Crippen LogP contribution in [0.2, 0.25) is 0 Å². The Bertz CT molecular complexity index is 619. The molecule has 3 rings (SSSR count). The number of aliphatic hydroxyl groups excluding tert-OH is 1. The Balaban J connectivity index is 1.75. The highest BCUT2D eigenvalue weighted by molar-refractivity contribution is 5.55. The molecule has 1 saturated heterocycles. The fourth-order valence-corrected chi connectivity index (χ4v) is 3.02. The van der Waals surface area contributed by atoms with Crippen LogP contribution in [-0.2, 0) is 6.54 Å². The number of aliphatic hydroxyl groups is 1. The molecule has 2 atom stereocenters. The van der Waals surface area contributed by atoms with Crippen molar-refractivity contribution in [1.29, 1.82) is 0 Å². The van der Waals surface area contributed by atoms with Gasteiger partial charge in [0.25, 0.3) is 5.89 Å². The highest BCUT2D eigenvalue weighted by Gasteiger charge is 2.31. The number of rotatable bonds is 4. The minimum Gasteiger partial charge on any atom is -0.466 e. The van der Waals surface area contributed by atoms with Gasteiger partial charge in [-0.2, -0.15) is 0 Å². The average Bonchev–Trinajstić information content (AvgIpc) is 3.11. The van der Waals surface area contributed by atoms with E-state index >= 15 is 0 Å². The van der Waals surface area contributed by atoms with Crippen molar-refractivity contribution in [3.63, 3.8) is 0 Å². The second kappa shape index (κ2) is 5.61. The highest BCUT2D eigenvalue weighted by Crippen LogP contribution is 2.28. The second-order valence-corrected chi connectivity index (χ2v) is 5.81. The summed E-state index contributed by atoms with van der Waals surface area (Å²) < 4.78 is 11.2. The maximum atomic E-state index is 9.49. The summed E-state index contributed by atoms with van der Waals surface area (Å²) in [5.74, 6) is 3.18. The molecule has 6 heteroatoms. The van der Waals surface area contributed by atoms with Gasteiger partial charge in [-0.1, -0.05) is 6.92 Å². The topological polar surface area (TPSA) is 75.5 Å². The number of hydrogen-bond acceptors (Lipinski definition) is 6. The molecule has 1 N–H and O–H groups in total. The van der Waals surface area contributed by atoms with Crippen molar-refractivity contribution in [3.05, 3.63) is 23.5 Å². The van der Waals surface area contributed by atoms with Gasteiger partial charge >= 0.3 is 0 Å². The van der Waals surface area contributed by atoms with Crippen LogP contribution in [0.4, 0.5) is 0 Å². The molecule has 0 aromatic carbocycles. The zero-order valence-electron chi connectivity index (χ0n) is 12.7. The molecular formula is C15H21N3O3. The fourth-order valence-electron chi connectivity index (χ4n) is 3.02. The van der Waals surface area contributed by atoms with E-state index in [-0.39, 0.29) is 12.6 Å². The molecule has 2 aromatic heterocycles. The molecule has 0 bridgehead atoms. The summed E-state index contributed by atoms with van der Waals surface area (Å²) in [5.41, 5.74) is 0.847. The first-order chi connectivity index (χ1) is 10.1. The molecule has 1 fully saturated rings. The van der Waals surface area contributed by atoms with Gasteiger partial charge in [0.1, 0.15) is 11.5 Å². The minimum atomic E-state index is 0.169. The number of furan rings is 1. The third-order valence-electron chi connectivity index (χ3n) is 4.26. The Morgan fingerprint density at radius 1 is 1.33 bits per heavy atom. The third-order valence-corrected chi connectivity index (χ3v) is 4.26. The number of hydrogen-bond donors (Lipinski definition) is 1. The van der Waals surface area contributed by atoms with E-state index in [9.17, 15) is 5.11 Å². The lowest BCUT2D eigenvalue weighted by atomic mass is 10.0. The van der Waals surface area contributed by atoms with Gasteiger partial charge in [0, 0.05) is 6.04 Å². The van der Waals surface area contributed by atoms with Crippen molar-refractivity contribution in [3.8, 4) is 11.5 Å². The molecule has 1 aliphatic heterocycles. The lowest BCUT2D eigenvalue weighted by Gasteiger charge is -2.23. The van der Waals surface area contributed by atoms with E-state index in [1.807, 2.05) is 19.9 Å². The molecule has 0 radical (unpaired) electrons. The summed E-state index contributed by atoms with van der Waals surface area (Å²) in [5, 5.41) is 17.7. The first kappa shape index (κ1) is 14.3. The van der Waals surface area contributed by atoms with Gasteiger partial charge in [0.2, 0.25) is 5.89 Å². The van der Waals surface area contributed by atoms with Crippen LogP contribution in [-0.4, -0.2) is 39.4 Å². The Hall–Kier alpha value is -1.66. The molecule has 0 saturated carbocycles. The summed E-state index contributed by atoms with van der Waals surface area (Å²) in [6.45, 7) is 7.65. The normalized spacial score (nSPS) is 23.0. The van der Waals surface area contributed by atoms with Crippen molar-refractivity contribution < 1.29 is 13.9 Å². The molecule has 21 heavy (non-hydrogen) atoms. The lowest BCUT2D eigenvalue weighted by molar-refractivity contribution is 0.126. The van der Waals surface area contributed by atoms with E-state index < -0.39 is 0 Å². The Labute approximate surface area is 123 Å². The van der Waals surface area contributed by atoms with E-state index in [0.717, 1.165) is 30.0 Å². The smallest absolute Gasteiger partial charge is 0.251 e. The molecule has 2 aromatic rings. The predicted octanol–water partition coefficient (Wildman–Crippen LogP) is 2.15. The van der Waals surface area contributed by atoms with Gasteiger partial charge in [0.05, 0.1) is 18.7 Å². The fraction of sp³-hybridized carbons (Fsp3) is 0.600. The average molecular weight is 291 g/mol. The first-order valence-corrected chi connectivity index (χ1v) is 7.33. The Kier molecular flexibility index (Phi) is 3.82. The van der Waals surface area contributed by atoms with E-state index in [1.54, 1.807) is 0 Å². The zero-order valence-corrected chi connectivity index (χ0v) is 12.7. The van der Waals surface area contributed by atoms with Gasteiger partial charge < -0.3 is 13.9 Å². The third kappa shape index (κ3) is 2.73. The van der Waals surface area contributed by atoms with Crippen molar-refractivity contribution in [2.45, 2.75) is 39.8 Å². The van der Waals surface area contributed by atoms with Crippen molar-refractivity contribution in [2.24, 2.45) is 5.92 Å². The predicted molar refractivity (Wildman–Crippen MR) is 76.5 cm³/mol. The summed E-state index contributed by atoms with van der Waals surface area (Å²) in [6.07, 6.45) is 1.09. The molecule has 0 spiro atoms. The molecule has 0 amide bonds. The Morgan fingerprint density at radius 3 is 2.81 bits per heavy atom. The standard InChI is InChI=1S/C15H21N3O3/c1-9-4-5-18(13(9)8-19)7-14-16-17-15(21-14)12-6-10(2)20-11(12)3/h6,9,13,19H,4-5,7-8H2,1-3H3. The van der Waals surface area contributed by atoms with Gasteiger partial charge in [-0.05, 0) is 38.8 Å². The van der Waals surface area contributed by atoms with Crippen LogP contribution in [0.25, 0.3) is 11.5 Å². The van der Waals surface area contributed by atoms with Crippen LogP contribution in [0, 0.1) is 19.8 Å². The van der Waals surface area contributed by atoms with Gasteiger partial charge in [0.15, 0.2) is 0 Å². The molecule has 0 aliphatic carbocycles. The summed E-state index contributed by atoms with van der Waals surface area (Å²) in [7, 11) is 0. The quantitative estimate of drug-likeness (QED) is 0.930. The molecule has 114 valence electrons. The second-order valence-electron chi connectivity index (χ2n) is 5.81. The molecular weight excluding hydrogens is 270 g/mol. The van der Waals surface area contributed by atoms with E-state index in [2.05, 4.69) is 22.0 Å².